The molecule has 2 N–H and O–H groups in total. The van der Waals surface area contributed by atoms with E-state index in [2.05, 4.69) is 10.6 Å². The summed E-state index contributed by atoms with van der Waals surface area (Å²) in [5.74, 6) is 0.627. The lowest BCUT2D eigenvalue weighted by molar-refractivity contribution is 0.0955. The Bertz CT molecular complexity index is 634. The second-order valence-corrected chi connectivity index (χ2v) is 6.93. The summed E-state index contributed by atoms with van der Waals surface area (Å²) in [6.07, 6.45) is 3.52. The molecule has 2 heterocycles. The maximum Gasteiger partial charge on any atom is 0.262 e. The molecule has 1 amide bonds. The molecule has 1 aromatic carbocycles. The Morgan fingerprint density at radius 1 is 1.43 bits per heavy atom. The predicted octanol–water partition coefficient (Wildman–Crippen LogP) is 3.67. The van der Waals surface area contributed by atoms with Crippen molar-refractivity contribution in [1.29, 1.82) is 0 Å². The number of carbonyl (C=O) groups is 1. The first-order valence-corrected chi connectivity index (χ1v) is 8.61. The average Bonchev–Trinajstić information content (AvgIpc) is 2.86. The zero-order chi connectivity index (χ0) is 14.7. The second-order valence-electron chi connectivity index (χ2n) is 5.50. The van der Waals surface area contributed by atoms with E-state index >= 15 is 0 Å². The molecular weight excluding hydrogens is 304 g/mol. The summed E-state index contributed by atoms with van der Waals surface area (Å²) >= 11 is 7.78. The van der Waals surface area contributed by atoms with Crippen molar-refractivity contribution in [3.05, 3.63) is 34.2 Å². The van der Waals surface area contributed by atoms with E-state index < -0.39 is 0 Å². The highest BCUT2D eigenvalue weighted by molar-refractivity contribution is 7.21. The van der Waals surface area contributed by atoms with Crippen LogP contribution in [0.2, 0.25) is 5.02 Å². The summed E-state index contributed by atoms with van der Waals surface area (Å²) in [6.45, 7) is 2.91. The molecule has 3 nitrogen and oxygen atoms in total. The molecular formula is C16H19ClN2OS. The Hall–Kier alpha value is -1.10. The summed E-state index contributed by atoms with van der Waals surface area (Å²) < 4.78 is 1.06. The molecule has 0 bridgehead atoms. The Kier molecular flexibility index (Phi) is 4.78. The molecule has 112 valence electrons. The topological polar surface area (TPSA) is 41.1 Å². The molecule has 2 aromatic rings. The van der Waals surface area contributed by atoms with Gasteiger partial charge in [0.05, 0.1) is 5.02 Å². The number of fused-ring (bicyclic) bond motifs is 1. The third kappa shape index (κ3) is 3.39. The van der Waals surface area contributed by atoms with Crippen LogP contribution in [0.3, 0.4) is 0 Å². The lowest BCUT2D eigenvalue weighted by Crippen LogP contribution is -2.33. The molecule has 21 heavy (non-hydrogen) atoms. The van der Waals surface area contributed by atoms with Crippen LogP contribution in [0.1, 0.15) is 28.9 Å². The Balaban J connectivity index is 1.60. The van der Waals surface area contributed by atoms with Crippen LogP contribution in [0, 0.1) is 5.92 Å². The second kappa shape index (κ2) is 6.77. The number of piperidine rings is 1. The van der Waals surface area contributed by atoms with Crippen molar-refractivity contribution < 1.29 is 4.79 Å². The van der Waals surface area contributed by atoms with Gasteiger partial charge in [-0.15, -0.1) is 11.3 Å². The number of halogens is 1. The molecule has 0 radical (unpaired) electrons. The van der Waals surface area contributed by atoms with E-state index in [-0.39, 0.29) is 5.91 Å². The number of nitrogens with one attached hydrogen (secondary N) is 2. The van der Waals surface area contributed by atoms with Crippen LogP contribution >= 0.6 is 22.9 Å². The van der Waals surface area contributed by atoms with Gasteiger partial charge in [0.1, 0.15) is 4.88 Å². The molecule has 1 fully saturated rings. The molecule has 5 heteroatoms. The standard InChI is InChI=1S/C16H19ClN2OS/c17-14-12-5-1-2-6-13(12)21-15(14)16(20)19-9-7-11-4-3-8-18-10-11/h1-2,5-6,11,18H,3-4,7-10H2,(H,19,20). The number of benzene rings is 1. The monoisotopic (exact) mass is 322 g/mol. The number of thiophene rings is 1. The van der Waals surface area contributed by atoms with Gasteiger partial charge in [-0.2, -0.15) is 0 Å². The predicted molar refractivity (Wildman–Crippen MR) is 89.4 cm³/mol. The lowest BCUT2D eigenvalue weighted by Gasteiger charge is -2.22. The van der Waals surface area contributed by atoms with E-state index in [1.165, 1.54) is 24.2 Å². The SMILES string of the molecule is O=C(NCCC1CCCNC1)c1sc2ccccc2c1Cl. The average molecular weight is 323 g/mol. The van der Waals surface area contributed by atoms with Crippen LogP contribution < -0.4 is 10.6 Å². The van der Waals surface area contributed by atoms with Crippen LogP contribution in [0.15, 0.2) is 24.3 Å². The van der Waals surface area contributed by atoms with Crippen LogP contribution in [0.4, 0.5) is 0 Å². The minimum atomic E-state index is -0.0510. The summed E-state index contributed by atoms with van der Waals surface area (Å²) in [5.41, 5.74) is 0. The third-order valence-electron chi connectivity index (χ3n) is 3.98. The summed E-state index contributed by atoms with van der Waals surface area (Å²) in [4.78, 5) is 12.9. The van der Waals surface area contributed by atoms with Gasteiger partial charge in [-0.3, -0.25) is 4.79 Å². The molecule has 1 unspecified atom stereocenters. The molecule has 1 atom stereocenters. The molecule has 0 spiro atoms. The van der Waals surface area contributed by atoms with Gasteiger partial charge in [-0.05, 0) is 44.3 Å². The van der Waals surface area contributed by atoms with Gasteiger partial charge < -0.3 is 10.6 Å². The van der Waals surface area contributed by atoms with Gasteiger partial charge in [0.25, 0.3) is 5.91 Å². The van der Waals surface area contributed by atoms with E-state index in [1.807, 2.05) is 24.3 Å². The molecule has 3 rings (SSSR count). The van der Waals surface area contributed by atoms with Crippen molar-refractivity contribution in [2.75, 3.05) is 19.6 Å². The molecule has 1 aliphatic rings. The maximum atomic E-state index is 12.3. The number of carbonyl (C=O) groups excluding carboxylic acids is 1. The van der Waals surface area contributed by atoms with E-state index in [1.54, 1.807) is 0 Å². The number of hydrogen-bond donors (Lipinski definition) is 2. The molecule has 1 saturated heterocycles. The largest absolute Gasteiger partial charge is 0.351 e. The minimum Gasteiger partial charge on any atom is -0.351 e. The molecule has 0 saturated carbocycles. The Labute approximate surface area is 133 Å². The first-order chi connectivity index (χ1) is 10.3. The summed E-state index contributed by atoms with van der Waals surface area (Å²) in [7, 11) is 0. The third-order valence-corrected chi connectivity index (χ3v) is 5.65. The normalized spacial score (nSPS) is 18.8. The van der Waals surface area contributed by atoms with Crippen molar-refractivity contribution in [3.63, 3.8) is 0 Å². The Morgan fingerprint density at radius 3 is 3.05 bits per heavy atom. The minimum absolute atomic E-state index is 0.0510. The maximum absolute atomic E-state index is 12.3. The fourth-order valence-corrected chi connectivity index (χ4v) is 4.23. The van der Waals surface area contributed by atoms with Crippen molar-refractivity contribution in [1.82, 2.24) is 10.6 Å². The van der Waals surface area contributed by atoms with E-state index in [9.17, 15) is 4.79 Å². The fourth-order valence-electron chi connectivity index (χ4n) is 2.80. The van der Waals surface area contributed by atoms with Gasteiger partial charge in [0.2, 0.25) is 0 Å². The van der Waals surface area contributed by atoms with Crippen molar-refractivity contribution in [2.45, 2.75) is 19.3 Å². The van der Waals surface area contributed by atoms with Crippen LogP contribution in [0.25, 0.3) is 10.1 Å². The van der Waals surface area contributed by atoms with Crippen molar-refractivity contribution in [3.8, 4) is 0 Å². The number of hydrogen-bond acceptors (Lipinski definition) is 3. The van der Waals surface area contributed by atoms with Gasteiger partial charge in [0, 0.05) is 16.6 Å². The fraction of sp³-hybridized carbons (Fsp3) is 0.438. The highest BCUT2D eigenvalue weighted by Crippen LogP contribution is 2.34. The Morgan fingerprint density at radius 2 is 2.29 bits per heavy atom. The molecule has 1 aliphatic heterocycles. The van der Waals surface area contributed by atoms with Crippen LogP contribution in [-0.4, -0.2) is 25.5 Å². The van der Waals surface area contributed by atoms with Gasteiger partial charge in [-0.25, -0.2) is 0 Å². The lowest BCUT2D eigenvalue weighted by atomic mass is 9.96. The quantitative estimate of drug-likeness (QED) is 0.901. The first kappa shape index (κ1) is 14.8. The summed E-state index contributed by atoms with van der Waals surface area (Å²) in [5, 5.41) is 7.95. The van der Waals surface area contributed by atoms with Gasteiger partial charge in [0.15, 0.2) is 0 Å². The smallest absolute Gasteiger partial charge is 0.262 e. The summed E-state index contributed by atoms with van der Waals surface area (Å²) in [6, 6.07) is 7.86. The number of rotatable bonds is 4. The van der Waals surface area contributed by atoms with Crippen LogP contribution in [-0.2, 0) is 0 Å². The molecule has 0 aliphatic carbocycles. The van der Waals surface area contributed by atoms with Gasteiger partial charge in [-0.1, -0.05) is 29.8 Å². The van der Waals surface area contributed by atoms with Crippen molar-refractivity contribution in [2.24, 2.45) is 5.92 Å². The first-order valence-electron chi connectivity index (χ1n) is 7.41. The highest BCUT2D eigenvalue weighted by atomic mass is 35.5. The molecule has 1 aromatic heterocycles. The van der Waals surface area contributed by atoms with E-state index in [0.717, 1.165) is 36.1 Å². The zero-order valence-corrected chi connectivity index (χ0v) is 13.4. The van der Waals surface area contributed by atoms with Gasteiger partial charge >= 0.3 is 0 Å². The van der Waals surface area contributed by atoms with E-state index in [4.69, 9.17) is 11.6 Å². The number of amides is 1. The zero-order valence-electron chi connectivity index (χ0n) is 11.8. The van der Waals surface area contributed by atoms with Crippen LogP contribution in [0.5, 0.6) is 0 Å². The highest BCUT2D eigenvalue weighted by Gasteiger charge is 2.17. The van der Waals surface area contributed by atoms with E-state index in [0.29, 0.717) is 15.8 Å². The van der Waals surface area contributed by atoms with Crippen molar-refractivity contribution >= 4 is 38.9 Å².